The molecule has 4 heteroatoms. The molecule has 1 fully saturated rings. The molecule has 1 amide bonds. The average molecular weight is 312 g/mol. The van der Waals surface area contributed by atoms with Crippen LogP contribution in [0.25, 0.3) is 0 Å². The van der Waals surface area contributed by atoms with Crippen molar-refractivity contribution in [1.82, 2.24) is 4.90 Å². The van der Waals surface area contributed by atoms with Gasteiger partial charge in [0.05, 0.1) is 12.5 Å². The molecule has 18 heavy (non-hydrogen) atoms. The van der Waals surface area contributed by atoms with Crippen molar-refractivity contribution >= 4 is 21.8 Å². The van der Waals surface area contributed by atoms with Crippen molar-refractivity contribution in [3.63, 3.8) is 0 Å². The molecule has 1 N–H and O–H groups in total. The maximum absolute atomic E-state index is 12.0. The lowest BCUT2D eigenvalue weighted by atomic mass is 9.82. The van der Waals surface area contributed by atoms with Crippen LogP contribution in [0.1, 0.15) is 18.4 Å². The fraction of sp³-hybridized carbons (Fsp3) is 0.500. The van der Waals surface area contributed by atoms with Gasteiger partial charge in [0.25, 0.3) is 0 Å². The van der Waals surface area contributed by atoms with Crippen LogP contribution in [0, 0.1) is 5.92 Å². The van der Waals surface area contributed by atoms with Gasteiger partial charge in [-0.3, -0.25) is 4.79 Å². The van der Waals surface area contributed by atoms with Crippen molar-refractivity contribution < 1.29 is 9.90 Å². The smallest absolute Gasteiger partial charge is 0.226 e. The highest BCUT2D eigenvalue weighted by Gasteiger charge is 2.28. The molecule has 1 aliphatic carbocycles. The van der Waals surface area contributed by atoms with Gasteiger partial charge in [0, 0.05) is 18.1 Å². The van der Waals surface area contributed by atoms with Crippen molar-refractivity contribution in [1.29, 1.82) is 0 Å². The molecule has 1 aromatic rings. The highest BCUT2D eigenvalue weighted by atomic mass is 79.9. The van der Waals surface area contributed by atoms with Gasteiger partial charge in [-0.05, 0) is 36.5 Å². The second-order valence-corrected chi connectivity index (χ2v) is 5.99. The van der Waals surface area contributed by atoms with Gasteiger partial charge in [0.15, 0.2) is 0 Å². The van der Waals surface area contributed by atoms with E-state index in [0.717, 1.165) is 29.4 Å². The second-order valence-electron chi connectivity index (χ2n) is 5.07. The first kappa shape index (κ1) is 13.6. The van der Waals surface area contributed by atoms with Crippen LogP contribution >= 0.6 is 15.9 Å². The highest BCUT2D eigenvalue weighted by Crippen LogP contribution is 2.27. The van der Waals surface area contributed by atoms with Gasteiger partial charge < -0.3 is 10.0 Å². The summed E-state index contributed by atoms with van der Waals surface area (Å²) in [6, 6.07) is 7.82. The summed E-state index contributed by atoms with van der Waals surface area (Å²) in [6.45, 7) is 0.754. The van der Waals surface area contributed by atoms with Gasteiger partial charge in [-0.1, -0.05) is 28.1 Å². The van der Waals surface area contributed by atoms with E-state index in [1.807, 2.05) is 31.3 Å². The van der Waals surface area contributed by atoms with E-state index in [1.165, 1.54) is 0 Å². The number of benzene rings is 1. The van der Waals surface area contributed by atoms with Crippen LogP contribution in [0.2, 0.25) is 0 Å². The van der Waals surface area contributed by atoms with Gasteiger partial charge in [-0.15, -0.1) is 0 Å². The summed E-state index contributed by atoms with van der Waals surface area (Å²) in [7, 11) is 1.84. The third kappa shape index (κ3) is 3.56. The fourth-order valence-electron chi connectivity index (χ4n) is 2.30. The topological polar surface area (TPSA) is 40.5 Å². The zero-order valence-corrected chi connectivity index (χ0v) is 12.1. The summed E-state index contributed by atoms with van der Waals surface area (Å²) in [5.41, 5.74) is 1.02. The number of hydrogen-bond donors (Lipinski definition) is 1. The van der Waals surface area contributed by atoms with Gasteiger partial charge in [0.2, 0.25) is 5.91 Å². The van der Waals surface area contributed by atoms with E-state index in [1.54, 1.807) is 4.90 Å². The number of aliphatic hydroxyl groups excluding tert-OH is 1. The average Bonchev–Trinajstić information content (AvgIpc) is 2.26. The number of rotatable bonds is 4. The van der Waals surface area contributed by atoms with Crippen LogP contribution in [-0.2, 0) is 11.2 Å². The van der Waals surface area contributed by atoms with E-state index in [0.29, 0.717) is 12.3 Å². The Balaban J connectivity index is 1.83. The molecular weight excluding hydrogens is 294 g/mol. The largest absolute Gasteiger partial charge is 0.393 e. The zero-order valence-electron chi connectivity index (χ0n) is 10.5. The number of carbonyl (C=O) groups is 1. The minimum Gasteiger partial charge on any atom is -0.393 e. The first-order valence-corrected chi connectivity index (χ1v) is 7.00. The number of aliphatic hydroxyl groups is 1. The Morgan fingerprint density at radius 2 is 2.22 bits per heavy atom. The molecule has 0 aromatic heterocycles. The summed E-state index contributed by atoms with van der Waals surface area (Å²) >= 11 is 3.40. The van der Waals surface area contributed by atoms with E-state index in [9.17, 15) is 9.90 Å². The molecule has 0 bridgehead atoms. The zero-order chi connectivity index (χ0) is 13.1. The number of halogens is 1. The van der Waals surface area contributed by atoms with Crippen LogP contribution in [0.4, 0.5) is 0 Å². The highest BCUT2D eigenvalue weighted by molar-refractivity contribution is 9.10. The lowest BCUT2D eigenvalue weighted by Crippen LogP contribution is -2.40. The summed E-state index contributed by atoms with van der Waals surface area (Å²) in [4.78, 5) is 13.8. The Bertz CT molecular complexity index is 430. The minimum absolute atomic E-state index is 0.134. The molecule has 0 radical (unpaired) electrons. The summed E-state index contributed by atoms with van der Waals surface area (Å²) in [5, 5.41) is 9.23. The van der Waals surface area contributed by atoms with E-state index in [4.69, 9.17) is 0 Å². The molecule has 2 rings (SSSR count). The third-order valence-electron chi connectivity index (χ3n) is 3.41. The predicted octanol–water partition coefficient (Wildman–Crippen LogP) is 2.22. The van der Waals surface area contributed by atoms with Gasteiger partial charge in [-0.25, -0.2) is 0 Å². The molecule has 0 saturated heterocycles. The first-order chi connectivity index (χ1) is 8.54. The summed E-state index contributed by atoms with van der Waals surface area (Å²) in [5.74, 6) is 0.603. The third-order valence-corrected chi connectivity index (χ3v) is 3.91. The van der Waals surface area contributed by atoms with Gasteiger partial charge in [-0.2, -0.15) is 0 Å². The van der Waals surface area contributed by atoms with Crippen LogP contribution in [0.5, 0.6) is 0 Å². The molecule has 3 nitrogen and oxygen atoms in total. The fourth-order valence-corrected chi connectivity index (χ4v) is 2.74. The normalized spacial score (nSPS) is 22.4. The maximum Gasteiger partial charge on any atom is 0.226 e. The molecule has 98 valence electrons. The molecule has 0 aliphatic heterocycles. The number of likely N-dealkylation sites (N-methyl/N-ethyl adjacent to an activating group) is 1. The Morgan fingerprint density at radius 3 is 2.83 bits per heavy atom. The standard InChI is InChI=1S/C14H18BrNO2/c1-16(9-11-6-13(17)7-11)14(18)8-10-3-2-4-12(15)5-10/h2-5,11,13,17H,6-9H2,1H3. The summed E-state index contributed by atoms with van der Waals surface area (Å²) in [6.07, 6.45) is 1.94. The van der Waals surface area contributed by atoms with Gasteiger partial charge >= 0.3 is 0 Å². The monoisotopic (exact) mass is 311 g/mol. The predicted molar refractivity (Wildman–Crippen MR) is 74.2 cm³/mol. The van der Waals surface area contributed by atoms with Crippen molar-refractivity contribution in [2.45, 2.75) is 25.4 Å². The maximum atomic E-state index is 12.0. The molecule has 0 atom stereocenters. The number of nitrogens with zero attached hydrogens (tertiary/aromatic N) is 1. The molecule has 0 heterocycles. The molecular formula is C14H18BrNO2. The Labute approximate surface area is 116 Å². The number of carbonyl (C=O) groups excluding carboxylic acids is 1. The molecule has 1 aliphatic rings. The molecule has 0 spiro atoms. The Morgan fingerprint density at radius 1 is 1.50 bits per heavy atom. The van der Waals surface area contributed by atoms with Crippen LogP contribution in [-0.4, -0.2) is 35.6 Å². The molecule has 1 saturated carbocycles. The van der Waals surface area contributed by atoms with Crippen molar-refractivity contribution in [3.05, 3.63) is 34.3 Å². The molecule has 1 aromatic carbocycles. The van der Waals surface area contributed by atoms with Crippen molar-refractivity contribution in [2.75, 3.05) is 13.6 Å². The number of hydrogen-bond acceptors (Lipinski definition) is 2. The Kier molecular flexibility index (Phi) is 4.40. The lowest BCUT2D eigenvalue weighted by molar-refractivity contribution is -0.130. The van der Waals surface area contributed by atoms with Crippen LogP contribution in [0.3, 0.4) is 0 Å². The molecule has 0 unspecified atom stereocenters. The van der Waals surface area contributed by atoms with Crippen LogP contribution < -0.4 is 0 Å². The quantitative estimate of drug-likeness (QED) is 0.926. The number of amides is 1. The van der Waals surface area contributed by atoms with E-state index in [2.05, 4.69) is 15.9 Å². The lowest BCUT2D eigenvalue weighted by Gasteiger charge is -2.34. The second kappa shape index (κ2) is 5.85. The van der Waals surface area contributed by atoms with Gasteiger partial charge in [0.1, 0.15) is 0 Å². The van der Waals surface area contributed by atoms with E-state index < -0.39 is 0 Å². The van der Waals surface area contributed by atoms with E-state index >= 15 is 0 Å². The Hall–Kier alpha value is -0.870. The summed E-state index contributed by atoms with van der Waals surface area (Å²) < 4.78 is 0.998. The van der Waals surface area contributed by atoms with Crippen molar-refractivity contribution in [3.8, 4) is 0 Å². The first-order valence-electron chi connectivity index (χ1n) is 6.21. The minimum atomic E-state index is -0.149. The SMILES string of the molecule is CN(CC1CC(O)C1)C(=O)Cc1cccc(Br)c1. The van der Waals surface area contributed by atoms with Crippen molar-refractivity contribution in [2.24, 2.45) is 5.92 Å². The van der Waals surface area contributed by atoms with E-state index in [-0.39, 0.29) is 12.0 Å². The van der Waals surface area contributed by atoms with Crippen LogP contribution in [0.15, 0.2) is 28.7 Å².